The van der Waals surface area contributed by atoms with Crippen LogP contribution >= 0.6 is 0 Å². The Hall–Kier alpha value is -0.800. The van der Waals surface area contributed by atoms with Crippen LogP contribution in [0.15, 0.2) is 22.8 Å². The molecule has 2 N–H and O–H groups in total. The topological polar surface area (TPSA) is 42.4 Å². The van der Waals surface area contributed by atoms with Crippen LogP contribution in [-0.4, -0.2) is 24.5 Å². The highest BCUT2D eigenvalue weighted by molar-refractivity contribution is 5.04. The summed E-state index contributed by atoms with van der Waals surface area (Å²) >= 11 is 0. The van der Waals surface area contributed by atoms with E-state index in [9.17, 15) is 0 Å². The van der Waals surface area contributed by atoms with Gasteiger partial charge in [0.15, 0.2) is 0 Å². The molecule has 1 saturated carbocycles. The van der Waals surface area contributed by atoms with Crippen molar-refractivity contribution in [3.8, 4) is 0 Å². The van der Waals surface area contributed by atoms with Crippen LogP contribution < -0.4 is 5.73 Å². The van der Waals surface area contributed by atoms with Gasteiger partial charge in [0.05, 0.1) is 12.3 Å². The van der Waals surface area contributed by atoms with Crippen molar-refractivity contribution in [2.45, 2.75) is 31.8 Å². The molecule has 0 radical (unpaired) electrons. The minimum absolute atomic E-state index is 0.314. The Labute approximate surface area is 91.2 Å². The number of hydrogen-bond donors (Lipinski definition) is 1. The second-order valence-electron chi connectivity index (χ2n) is 4.50. The molecule has 2 rings (SSSR count). The highest BCUT2D eigenvalue weighted by atomic mass is 16.3. The molecule has 3 heteroatoms. The molecule has 2 atom stereocenters. The van der Waals surface area contributed by atoms with Crippen molar-refractivity contribution in [3.05, 3.63) is 24.2 Å². The van der Waals surface area contributed by atoms with E-state index in [1.807, 2.05) is 12.1 Å². The lowest BCUT2D eigenvalue weighted by atomic mass is 10.1. The van der Waals surface area contributed by atoms with Crippen molar-refractivity contribution >= 4 is 0 Å². The first-order valence-corrected chi connectivity index (χ1v) is 5.69. The SMILES string of the molecule is CC(c1ccco1)N(C)C(CN)C1CC1. The minimum Gasteiger partial charge on any atom is -0.468 e. The molecule has 1 fully saturated rings. The molecule has 1 aromatic rings. The maximum atomic E-state index is 5.83. The van der Waals surface area contributed by atoms with Gasteiger partial charge in [-0.1, -0.05) is 0 Å². The predicted molar refractivity (Wildman–Crippen MR) is 60.5 cm³/mol. The lowest BCUT2D eigenvalue weighted by molar-refractivity contribution is 0.153. The molecule has 0 aliphatic heterocycles. The van der Waals surface area contributed by atoms with Crippen LogP contribution in [0.3, 0.4) is 0 Å². The van der Waals surface area contributed by atoms with Crippen molar-refractivity contribution in [2.24, 2.45) is 11.7 Å². The fourth-order valence-electron chi connectivity index (χ4n) is 2.19. The molecule has 0 spiro atoms. The molecule has 1 heterocycles. The third kappa shape index (κ3) is 2.24. The number of rotatable bonds is 5. The van der Waals surface area contributed by atoms with Gasteiger partial charge in [-0.05, 0) is 44.9 Å². The summed E-state index contributed by atoms with van der Waals surface area (Å²) in [5, 5.41) is 0. The van der Waals surface area contributed by atoms with Crippen LogP contribution in [0.5, 0.6) is 0 Å². The first-order chi connectivity index (χ1) is 7.24. The van der Waals surface area contributed by atoms with E-state index in [4.69, 9.17) is 10.2 Å². The van der Waals surface area contributed by atoms with Crippen LogP contribution in [0.1, 0.15) is 31.6 Å². The zero-order chi connectivity index (χ0) is 10.8. The summed E-state index contributed by atoms with van der Waals surface area (Å²) in [5.41, 5.74) is 5.83. The number of nitrogens with zero attached hydrogens (tertiary/aromatic N) is 1. The first kappa shape index (κ1) is 10.7. The summed E-state index contributed by atoms with van der Waals surface area (Å²) < 4.78 is 5.43. The maximum absolute atomic E-state index is 5.83. The summed E-state index contributed by atoms with van der Waals surface area (Å²) in [5.74, 6) is 1.83. The smallest absolute Gasteiger partial charge is 0.120 e. The summed E-state index contributed by atoms with van der Waals surface area (Å²) in [6.45, 7) is 2.91. The largest absolute Gasteiger partial charge is 0.468 e. The standard InChI is InChI=1S/C12H20N2O/c1-9(12-4-3-7-15-12)14(2)11(8-13)10-5-6-10/h3-4,7,9-11H,5-6,8,13H2,1-2H3. The normalized spacial score (nSPS) is 20.5. The zero-order valence-electron chi connectivity index (χ0n) is 9.52. The Morgan fingerprint density at radius 1 is 1.60 bits per heavy atom. The molecule has 1 aliphatic carbocycles. The maximum Gasteiger partial charge on any atom is 0.120 e. The van der Waals surface area contributed by atoms with E-state index >= 15 is 0 Å². The van der Waals surface area contributed by atoms with Gasteiger partial charge in [0.1, 0.15) is 5.76 Å². The van der Waals surface area contributed by atoms with Crippen LogP contribution in [0.25, 0.3) is 0 Å². The highest BCUT2D eigenvalue weighted by Crippen LogP contribution is 2.37. The molecular formula is C12H20N2O. The Bertz CT molecular complexity index is 293. The summed E-state index contributed by atoms with van der Waals surface area (Å²) in [6, 6.07) is 4.79. The lowest BCUT2D eigenvalue weighted by Crippen LogP contribution is -2.40. The lowest BCUT2D eigenvalue weighted by Gasteiger charge is -2.31. The van der Waals surface area contributed by atoms with Crippen molar-refractivity contribution < 1.29 is 4.42 Å². The molecule has 2 unspecified atom stereocenters. The second kappa shape index (κ2) is 4.37. The molecule has 0 bridgehead atoms. The minimum atomic E-state index is 0.314. The van der Waals surface area contributed by atoms with E-state index < -0.39 is 0 Å². The predicted octanol–water partition coefficient (Wildman–Crippen LogP) is 2.01. The summed E-state index contributed by atoms with van der Waals surface area (Å²) in [7, 11) is 2.14. The Balaban J connectivity index is 2.02. The van der Waals surface area contributed by atoms with Crippen molar-refractivity contribution in [1.82, 2.24) is 4.90 Å². The van der Waals surface area contributed by atoms with Gasteiger partial charge in [-0.2, -0.15) is 0 Å². The van der Waals surface area contributed by atoms with Gasteiger partial charge in [0.25, 0.3) is 0 Å². The average molecular weight is 208 g/mol. The van der Waals surface area contributed by atoms with Gasteiger partial charge in [0, 0.05) is 12.6 Å². The third-order valence-corrected chi connectivity index (χ3v) is 3.50. The van der Waals surface area contributed by atoms with Crippen LogP contribution in [0.4, 0.5) is 0 Å². The fraction of sp³-hybridized carbons (Fsp3) is 0.667. The molecule has 15 heavy (non-hydrogen) atoms. The van der Waals surface area contributed by atoms with E-state index in [-0.39, 0.29) is 0 Å². The molecule has 1 aromatic heterocycles. The highest BCUT2D eigenvalue weighted by Gasteiger charge is 2.35. The van der Waals surface area contributed by atoms with E-state index in [1.165, 1.54) is 12.8 Å². The molecular weight excluding hydrogens is 188 g/mol. The van der Waals surface area contributed by atoms with Crippen molar-refractivity contribution in [3.63, 3.8) is 0 Å². The number of likely N-dealkylation sites (N-methyl/N-ethyl adjacent to an activating group) is 1. The molecule has 3 nitrogen and oxygen atoms in total. The molecule has 0 amide bonds. The Morgan fingerprint density at radius 2 is 2.33 bits per heavy atom. The van der Waals surface area contributed by atoms with E-state index in [0.717, 1.165) is 18.2 Å². The molecule has 1 aliphatic rings. The van der Waals surface area contributed by atoms with Crippen molar-refractivity contribution in [1.29, 1.82) is 0 Å². The Morgan fingerprint density at radius 3 is 2.80 bits per heavy atom. The van der Waals surface area contributed by atoms with Crippen molar-refractivity contribution in [2.75, 3.05) is 13.6 Å². The van der Waals surface area contributed by atoms with Gasteiger partial charge < -0.3 is 10.2 Å². The quantitative estimate of drug-likeness (QED) is 0.805. The van der Waals surface area contributed by atoms with Gasteiger partial charge in [0.2, 0.25) is 0 Å². The first-order valence-electron chi connectivity index (χ1n) is 5.69. The van der Waals surface area contributed by atoms with Crippen LogP contribution in [-0.2, 0) is 0 Å². The van der Waals surface area contributed by atoms with E-state index in [0.29, 0.717) is 12.1 Å². The monoisotopic (exact) mass is 208 g/mol. The number of nitrogens with two attached hydrogens (primary N) is 1. The summed E-state index contributed by atoms with van der Waals surface area (Å²) in [6.07, 6.45) is 4.39. The Kier molecular flexibility index (Phi) is 3.12. The van der Waals surface area contributed by atoms with Crippen LogP contribution in [0.2, 0.25) is 0 Å². The molecule has 0 aromatic carbocycles. The van der Waals surface area contributed by atoms with Gasteiger partial charge in [-0.15, -0.1) is 0 Å². The third-order valence-electron chi connectivity index (χ3n) is 3.50. The van der Waals surface area contributed by atoms with Crippen LogP contribution in [0, 0.1) is 5.92 Å². The molecule has 0 saturated heterocycles. The van der Waals surface area contributed by atoms with E-state index in [2.05, 4.69) is 18.9 Å². The van der Waals surface area contributed by atoms with Gasteiger partial charge in [-0.25, -0.2) is 0 Å². The van der Waals surface area contributed by atoms with E-state index in [1.54, 1.807) is 6.26 Å². The average Bonchev–Trinajstić information content (AvgIpc) is 2.93. The number of hydrogen-bond acceptors (Lipinski definition) is 3. The number of furan rings is 1. The zero-order valence-corrected chi connectivity index (χ0v) is 9.52. The summed E-state index contributed by atoms with van der Waals surface area (Å²) in [4.78, 5) is 2.34. The fourth-order valence-corrected chi connectivity index (χ4v) is 2.19. The second-order valence-corrected chi connectivity index (χ2v) is 4.50. The van der Waals surface area contributed by atoms with Gasteiger partial charge >= 0.3 is 0 Å². The molecule has 84 valence electrons. The van der Waals surface area contributed by atoms with Gasteiger partial charge in [-0.3, -0.25) is 4.90 Å².